The highest BCUT2D eigenvalue weighted by Crippen LogP contribution is 2.24. The fourth-order valence-corrected chi connectivity index (χ4v) is 3.62. The molecule has 0 saturated carbocycles. The van der Waals surface area contributed by atoms with Crippen LogP contribution >= 0.6 is 0 Å². The average Bonchev–Trinajstić information content (AvgIpc) is 2.99. The summed E-state index contributed by atoms with van der Waals surface area (Å²) < 4.78 is 12.5. The number of rotatable bonds is 6. The van der Waals surface area contributed by atoms with Crippen LogP contribution in [0.5, 0.6) is 5.75 Å². The van der Waals surface area contributed by atoms with Gasteiger partial charge in [-0.05, 0) is 69.2 Å². The number of para-hydroxylation sites is 1. The molecule has 0 fully saturated rings. The molecule has 1 aromatic heterocycles. The Labute approximate surface area is 170 Å². The Bertz CT molecular complexity index is 1060. The number of esters is 1. The van der Waals surface area contributed by atoms with Crippen LogP contribution in [0, 0.1) is 27.7 Å². The number of carbonyl (C=O) groups is 2. The summed E-state index contributed by atoms with van der Waals surface area (Å²) in [6, 6.07) is 14.9. The first-order valence-corrected chi connectivity index (χ1v) is 9.42. The van der Waals surface area contributed by atoms with Crippen LogP contribution in [0.3, 0.4) is 0 Å². The highest BCUT2D eigenvalue weighted by molar-refractivity contribution is 6.01. The Morgan fingerprint density at radius 2 is 1.55 bits per heavy atom. The van der Waals surface area contributed by atoms with Gasteiger partial charge in [0.1, 0.15) is 11.3 Å². The van der Waals surface area contributed by atoms with Gasteiger partial charge in [-0.25, -0.2) is 4.79 Å². The van der Waals surface area contributed by atoms with E-state index < -0.39 is 5.97 Å². The summed E-state index contributed by atoms with van der Waals surface area (Å²) in [6.45, 7) is 7.64. The highest BCUT2D eigenvalue weighted by Gasteiger charge is 2.20. The van der Waals surface area contributed by atoms with Gasteiger partial charge in [0.25, 0.3) is 0 Å². The number of hydrogen-bond donors (Lipinski definition) is 0. The molecule has 0 atom stereocenters. The van der Waals surface area contributed by atoms with Crippen LogP contribution in [0.1, 0.15) is 43.2 Å². The fourth-order valence-electron chi connectivity index (χ4n) is 3.62. The molecule has 1 heterocycles. The maximum atomic E-state index is 12.8. The zero-order valence-corrected chi connectivity index (χ0v) is 17.4. The Morgan fingerprint density at radius 1 is 0.897 bits per heavy atom. The molecular weight excluding hydrogens is 366 g/mol. The van der Waals surface area contributed by atoms with E-state index in [0.29, 0.717) is 16.9 Å². The Hall–Kier alpha value is -3.34. The Kier molecular flexibility index (Phi) is 5.87. The summed E-state index contributed by atoms with van der Waals surface area (Å²) in [5.41, 5.74) is 5.95. The molecule has 5 heteroatoms. The van der Waals surface area contributed by atoms with Crippen molar-refractivity contribution < 1.29 is 19.1 Å². The SMILES string of the molecule is COc1ccccc1C(=O)OCC(=O)c1cc(C)n(-c2cc(C)cc(C)c2)c1C. The van der Waals surface area contributed by atoms with Crippen molar-refractivity contribution in [1.82, 2.24) is 4.57 Å². The smallest absolute Gasteiger partial charge is 0.342 e. The number of Topliss-reactive ketones (excluding diaryl/α,β-unsaturated/α-hetero) is 1. The molecule has 0 saturated heterocycles. The van der Waals surface area contributed by atoms with Gasteiger partial charge in [0.15, 0.2) is 6.61 Å². The van der Waals surface area contributed by atoms with Gasteiger partial charge < -0.3 is 14.0 Å². The van der Waals surface area contributed by atoms with Crippen LogP contribution in [-0.2, 0) is 4.74 Å². The van der Waals surface area contributed by atoms with Crippen molar-refractivity contribution in [2.75, 3.05) is 13.7 Å². The lowest BCUT2D eigenvalue weighted by molar-refractivity contribution is 0.0471. The number of aryl methyl sites for hydroxylation is 3. The second-order valence-electron chi connectivity index (χ2n) is 7.17. The van der Waals surface area contributed by atoms with Crippen molar-refractivity contribution in [1.29, 1.82) is 0 Å². The van der Waals surface area contributed by atoms with Crippen LogP contribution in [0.25, 0.3) is 5.69 Å². The largest absolute Gasteiger partial charge is 0.496 e. The number of aromatic nitrogens is 1. The summed E-state index contributed by atoms with van der Waals surface area (Å²) in [5, 5.41) is 0. The van der Waals surface area contributed by atoms with Gasteiger partial charge in [0.2, 0.25) is 5.78 Å². The molecule has 150 valence electrons. The number of methoxy groups -OCH3 is 1. The van der Waals surface area contributed by atoms with E-state index >= 15 is 0 Å². The number of ether oxygens (including phenoxy) is 2. The molecule has 2 aromatic carbocycles. The minimum atomic E-state index is -0.584. The number of ketones is 1. The molecule has 5 nitrogen and oxygen atoms in total. The Balaban J connectivity index is 1.81. The third-order valence-electron chi connectivity index (χ3n) is 4.86. The first-order valence-electron chi connectivity index (χ1n) is 9.42. The van der Waals surface area contributed by atoms with E-state index in [2.05, 4.69) is 22.8 Å². The lowest BCUT2D eigenvalue weighted by atomic mass is 10.1. The number of carbonyl (C=O) groups excluding carboxylic acids is 2. The lowest BCUT2D eigenvalue weighted by Gasteiger charge is -2.12. The number of nitrogens with zero attached hydrogens (tertiary/aromatic N) is 1. The van der Waals surface area contributed by atoms with E-state index in [0.717, 1.165) is 28.2 Å². The number of benzene rings is 2. The van der Waals surface area contributed by atoms with Crippen molar-refractivity contribution in [3.8, 4) is 11.4 Å². The second kappa shape index (κ2) is 8.35. The Morgan fingerprint density at radius 3 is 2.21 bits per heavy atom. The standard InChI is InChI=1S/C24H25NO4/c1-15-10-16(2)12-19(11-15)25-17(3)13-21(18(25)4)22(26)14-29-24(27)20-8-6-7-9-23(20)28-5/h6-13H,14H2,1-5H3. The molecule has 0 aliphatic carbocycles. The average molecular weight is 391 g/mol. The predicted molar refractivity (Wildman–Crippen MR) is 112 cm³/mol. The molecule has 3 rings (SSSR count). The maximum Gasteiger partial charge on any atom is 0.342 e. The van der Waals surface area contributed by atoms with Crippen molar-refractivity contribution in [3.05, 3.63) is 82.2 Å². The van der Waals surface area contributed by atoms with Crippen molar-refractivity contribution >= 4 is 11.8 Å². The van der Waals surface area contributed by atoms with Crippen molar-refractivity contribution in [2.24, 2.45) is 0 Å². The van der Waals surface area contributed by atoms with E-state index in [1.54, 1.807) is 24.3 Å². The van der Waals surface area contributed by atoms with E-state index in [9.17, 15) is 9.59 Å². The second-order valence-corrected chi connectivity index (χ2v) is 7.17. The summed E-state index contributed by atoms with van der Waals surface area (Å²) in [5.74, 6) is -0.408. The fraction of sp³-hybridized carbons (Fsp3) is 0.250. The molecule has 29 heavy (non-hydrogen) atoms. The van der Waals surface area contributed by atoms with Crippen LogP contribution in [0.4, 0.5) is 0 Å². The van der Waals surface area contributed by atoms with Gasteiger partial charge in [-0.15, -0.1) is 0 Å². The molecule has 3 aromatic rings. The zero-order chi connectivity index (χ0) is 21.1. The van der Waals surface area contributed by atoms with E-state index in [1.165, 1.54) is 7.11 Å². The van der Waals surface area contributed by atoms with Crippen molar-refractivity contribution in [3.63, 3.8) is 0 Å². The summed E-state index contributed by atoms with van der Waals surface area (Å²) >= 11 is 0. The maximum absolute atomic E-state index is 12.8. The van der Waals surface area contributed by atoms with Crippen LogP contribution in [-0.4, -0.2) is 30.0 Å². The third kappa shape index (κ3) is 4.24. The molecule has 0 unspecified atom stereocenters. The van der Waals surface area contributed by atoms with Gasteiger partial charge in [0, 0.05) is 22.6 Å². The molecular formula is C24H25NO4. The molecule has 0 aliphatic heterocycles. The lowest BCUT2D eigenvalue weighted by Crippen LogP contribution is -2.15. The van der Waals surface area contributed by atoms with Crippen LogP contribution < -0.4 is 4.74 Å². The van der Waals surface area contributed by atoms with Gasteiger partial charge in [-0.2, -0.15) is 0 Å². The van der Waals surface area contributed by atoms with Gasteiger partial charge in [-0.3, -0.25) is 4.79 Å². The first kappa shape index (κ1) is 20.4. The molecule has 0 aliphatic rings. The summed E-state index contributed by atoms with van der Waals surface area (Å²) in [6.07, 6.45) is 0. The van der Waals surface area contributed by atoms with Crippen LogP contribution in [0.2, 0.25) is 0 Å². The van der Waals surface area contributed by atoms with Gasteiger partial charge in [-0.1, -0.05) is 18.2 Å². The summed E-state index contributed by atoms with van der Waals surface area (Å²) in [4.78, 5) is 25.1. The predicted octanol–water partition coefficient (Wildman–Crippen LogP) is 4.76. The minimum absolute atomic E-state index is 0.239. The minimum Gasteiger partial charge on any atom is -0.496 e. The normalized spacial score (nSPS) is 10.7. The van der Waals surface area contributed by atoms with E-state index in [4.69, 9.17) is 9.47 Å². The summed E-state index contributed by atoms with van der Waals surface area (Å²) in [7, 11) is 1.49. The van der Waals surface area contributed by atoms with Gasteiger partial charge >= 0.3 is 5.97 Å². The molecule has 0 radical (unpaired) electrons. The monoisotopic (exact) mass is 391 g/mol. The van der Waals surface area contributed by atoms with Crippen LogP contribution in [0.15, 0.2) is 48.5 Å². The topological polar surface area (TPSA) is 57.5 Å². The number of hydrogen-bond acceptors (Lipinski definition) is 4. The van der Waals surface area contributed by atoms with Crippen molar-refractivity contribution in [2.45, 2.75) is 27.7 Å². The van der Waals surface area contributed by atoms with E-state index in [1.807, 2.05) is 33.8 Å². The quantitative estimate of drug-likeness (QED) is 0.449. The first-order chi connectivity index (χ1) is 13.8. The van der Waals surface area contributed by atoms with E-state index in [-0.39, 0.29) is 12.4 Å². The highest BCUT2D eigenvalue weighted by atomic mass is 16.5. The third-order valence-corrected chi connectivity index (χ3v) is 4.86. The zero-order valence-electron chi connectivity index (χ0n) is 17.4. The van der Waals surface area contributed by atoms with Gasteiger partial charge in [0.05, 0.1) is 7.11 Å². The molecule has 0 bridgehead atoms. The molecule has 0 spiro atoms. The molecule has 0 amide bonds. The molecule has 0 N–H and O–H groups in total.